The Hall–Kier alpha value is -1.35. The van der Waals surface area contributed by atoms with E-state index in [0.717, 1.165) is 17.0 Å². The predicted molar refractivity (Wildman–Crippen MR) is 63.5 cm³/mol. The maximum Gasteiger partial charge on any atom is 0.198 e. The number of hydrogen-bond donors (Lipinski definition) is 1. The summed E-state index contributed by atoms with van der Waals surface area (Å²) in [4.78, 5) is 4.50. The highest BCUT2D eigenvalue weighted by molar-refractivity contribution is 5.73. The van der Waals surface area contributed by atoms with Crippen molar-refractivity contribution in [1.82, 2.24) is 4.98 Å². The van der Waals surface area contributed by atoms with Crippen LogP contribution < -0.4 is 5.73 Å². The van der Waals surface area contributed by atoms with Gasteiger partial charge in [0.25, 0.3) is 0 Å². The lowest BCUT2D eigenvalue weighted by Gasteiger charge is -2.07. The van der Waals surface area contributed by atoms with Crippen LogP contribution in [-0.4, -0.2) is 11.5 Å². The third-order valence-corrected chi connectivity index (χ3v) is 3.28. The van der Waals surface area contributed by atoms with Crippen LogP contribution in [-0.2, 0) is 0 Å². The monoisotopic (exact) mass is 216 g/mol. The molecule has 1 aliphatic carbocycles. The van der Waals surface area contributed by atoms with E-state index in [1.807, 2.05) is 6.07 Å². The highest BCUT2D eigenvalue weighted by atomic mass is 16.3. The highest BCUT2D eigenvalue weighted by Crippen LogP contribution is 2.40. The first-order chi connectivity index (χ1) is 7.78. The van der Waals surface area contributed by atoms with Crippen LogP contribution in [0.3, 0.4) is 0 Å². The van der Waals surface area contributed by atoms with Crippen LogP contribution in [0.2, 0.25) is 0 Å². The Bertz CT molecular complexity index is 514. The molecule has 3 heteroatoms. The van der Waals surface area contributed by atoms with E-state index in [1.165, 1.54) is 18.4 Å². The number of rotatable bonds is 3. The number of fused-ring (bicyclic) bond motifs is 1. The summed E-state index contributed by atoms with van der Waals surface area (Å²) in [7, 11) is 0. The van der Waals surface area contributed by atoms with Gasteiger partial charge in [0.1, 0.15) is 5.52 Å². The van der Waals surface area contributed by atoms with Crippen molar-refractivity contribution < 1.29 is 4.42 Å². The van der Waals surface area contributed by atoms with E-state index in [1.54, 1.807) is 0 Å². The number of benzene rings is 1. The minimum Gasteiger partial charge on any atom is -0.440 e. The maximum atomic E-state index is 5.78. The molecule has 0 bridgehead atoms. The molecule has 1 unspecified atom stereocenters. The van der Waals surface area contributed by atoms with Crippen molar-refractivity contribution in [2.45, 2.75) is 31.6 Å². The standard InChI is InChI=1S/C13H16N2O/c1-8(7-14)10-4-5-11-12(6-10)16-13(15-11)9-2-3-9/h4-6,8-9H,2-3,7,14H2,1H3. The van der Waals surface area contributed by atoms with Crippen LogP contribution >= 0.6 is 0 Å². The van der Waals surface area contributed by atoms with E-state index >= 15 is 0 Å². The fraction of sp³-hybridized carbons (Fsp3) is 0.462. The molecular formula is C13H16N2O. The topological polar surface area (TPSA) is 52.0 Å². The van der Waals surface area contributed by atoms with Crippen LogP contribution in [0.15, 0.2) is 22.6 Å². The lowest BCUT2D eigenvalue weighted by atomic mass is 10.0. The Morgan fingerprint density at radius 3 is 3.00 bits per heavy atom. The molecule has 2 N–H and O–H groups in total. The normalized spacial score (nSPS) is 17.9. The molecule has 1 fully saturated rings. The third-order valence-electron chi connectivity index (χ3n) is 3.28. The van der Waals surface area contributed by atoms with E-state index in [2.05, 4.69) is 24.0 Å². The van der Waals surface area contributed by atoms with Crippen molar-refractivity contribution in [2.75, 3.05) is 6.54 Å². The van der Waals surface area contributed by atoms with Crippen LogP contribution in [0.25, 0.3) is 11.1 Å². The average Bonchev–Trinajstić information content (AvgIpc) is 3.07. The summed E-state index contributed by atoms with van der Waals surface area (Å²) in [6, 6.07) is 6.21. The third kappa shape index (κ3) is 1.61. The Labute approximate surface area is 94.7 Å². The van der Waals surface area contributed by atoms with E-state index < -0.39 is 0 Å². The Balaban J connectivity index is 2.02. The van der Waals surface area contributed by atoms with Crippen molar-refractivity contribution in [2.24, 2.45) is 5.73 Å². The molecule has 1 saturated carbocycles. The van der Waals surface area contributed by atoms with Crippen molar-refractivity contribution in [3.05, 3.63) is 29.7 Å². The molecule has 3 rings (SSSR count). The van der Waals surface area contributed by atoms with E-state index in [0.29, 0.717) is 18.4 Å². The molecule has 0 saturated heterocycles. The molecule has 1 aromatic carbocycles. The van der Waals surface area contributed by atoms with Gasteiger partial charge in [0.05, 0.1) is 0 Å². The number of aromatic nitrogens is 1. The summed E-state index contributed by atoms with van der Waals surface area (Å²) < 4.78 is 5.78. The fourth-order valence-electron chi connectivity index (χ4n) is 1.91. The second-order valence-corrected chi connectivity index (χ2v) is 4.69. The summed E-state index contributed by atoms with van der Waals surface area (Å²) in [5, 5.41) is 0. The average molecular weight is 216 g/mol. The van der Waals surface area contributed by atoms with Crippen LogP contribution in [0, 0.1) is 0 Å². The molecule has 0 radical (unpaired) electrons. The lowest BCUT2D eigenvalue weighted by Crippen LogP contribution is -2.08. The van der Waals surface area contributed by atoms with Gasteiger partial charge in [0.2, 0.25) is 0 Å². The van der Waals surface area contributed by atoms with Gasteiger partial charge in [0, 0.05) is 5.92 Å². The largest absolute Gasteiger partial charge is 0.440 e. The smallest absolute Gasteiger partial charge is 0.198 e. The fourth-order valence-corrected chi connectivity index (χ4v) is 1.91. The van der Waals surface area contributed by atoms with Crippen LogP contribution in [0.4, 0.5) is 0 Å². The lowest BCUT2D eigenvalue weighted by molar-refractivity contribution is 0.532. The molecule has 1 aromatic heterocycles. The van der Waals surface area contributed by atoms with Gasteiger partial charge in [-0.1, -0.05) is 13.0 Å². The molecule has 3 nitrogen and oxygen atoms in total. The molecule has 2 aromatic rings. The van der Waals surface area contributed by atoms with Crippen molar-refractivity contribution in [3.8, 4) is 0 Å². The number of oxazole rings is 1. The summed E-state index contributed by atoms with van der Waals surface area (Å²) in [5.74, 6) is 1.86. The SMILES string of the molecule is CC(CN)c1ccc2nc(C3CC3)oc2c1. The zero-order chi connectivity index (χ0) is 11.1. The summed E-state index contributed by atoms with van der Waals surface area (Å²) in [6.07, 6.45) is 2.44. The van der Waals surface area contributed by atoms with Gasteiger partial charge in [-0.3, -0.25) is 0 Å². The van der Waals surface area contributed by atoms with Gasteiger partial charge < -0.3 is 10.2 Å². The van der Waals surface area contributed by atoms with Crippen LogP contribution in [0.1, 0.15) is 43.1 Å². The molecule has 84 valence electrons. The highest BCUT2D eigenvalue weighted by Gasteiger charge is 2.28. The van der Waals surface area contributed by atoms with Gasteiger partial charge in [-0.15, -0.1) is 0 Å². The van der Waals surface area contributed by atoms with E-state index in [-0.39, 0.29) is 0 Å². The molecular weight excluding hydrogens is 200 g/mol. The minimum absolute atomic E-state index is 0.374. The maximum absolute atomic E-state index is 5.78. The zero-order valence-electron chi connectivity index (χ0n) is 9.44. The van der Waals surface area contributed by atoms with E-state index in [9.17, 15) is 0 Å². The second kappa shape index (κ2) is 3.59. The minimum atomic E-state index is 0.374. The van der Waals surface area contributed by atoms with Gasteiger partial charge in [-0.2, -0.15) is 0 Å². The van der Waals surface area contributed by atoms with Crippen LogP contribution in [0.5, 0.6) is 0 Å². The van der Waals surface area contributed by atoms with Gasteiger partial charge in [0.15, 0.2) is 11.5 Å². The first kappa shape index (κ1) is 9.85. The predicted octanol–water partition coefficient (Wildman–Crippen LogP) is 2.77. The summed E-state index contributed by atoms with van der Waals surface area (Å²) >= 11 is 0. The van der Waals surface area contributed by atoms with Gasteiger partial charge in [-0.25, -0.2) is 4.98 Å². The second-order valence-electron chi connectivity index (χ2n) is 4.69. The Kier molecular flexibility index (Phi) is 2.21. The number of nitrogens with two attached hydrogens (primary N) is 1. The zero-order valence-corrected chi connectivity index (χ0v) is 9.44. The van der Waals surface area contributed by atoms with Gasteiger partial charge >= 0.3 is 0 Å². The molecule has 1 atom stereocenters. The molecule has 16 heavy (non-hydrogen) atoms. The van der Waals surface area contributed by atoms with Crippen molar-refractivity contribution in [1.29, 1.82) is 0 Å². The first-order valence-electron chi connectivity index (χ1n) is 5.88. The summed E-state index contributed by atoms with van der Waals surface area (Å²) in [6.45, 7) is 2.79. The Morgan fingerprint density at radius 1 is 1.50 bits per heavy atom. The quantitative estimate of drug-likeness (QED) is 0.858. The first-order valence-corrected chi connectivity index (χ1v) is 5.88. The van der Waals surface area contributed by atoms with E-state index in [4.69, 9.17) is 10.2 Å². The molecule has 0 spiro atoms. The number of hydrogen-bond acceptors (Lipinski definition) is 3. The molecule has 0 aliphatic heterocycles. The van der Waals surface area contributed by atoms with Gasteiger partial charge in [-0.05, 0) is 43.0 Å². The number of nitrogens with zero attached hydrogens (tertiary/aromatic N) is 1. The molecule has 1 heterocycles. The molecule has 0 amide bonds. The molecule has 1 aliphatic rings. The summed E-state index contributed by atoms with van der Waals surface area (Å²) in [5.41, 5.74) is 8.77. The Morgan fingerprint density at radius 2 is 2.31 bits per heavy atom. The van der Waals surface area contributed by atoms with Crippen molar-refractivity contribution in [3.63, 3.8) is 0 Å². The van der Waals surface area contributed by atoms with Crippen molar-refractivity contribution >= 4 is 11.1 Å².